The van der Waals surface area contributed by atoms with Crippen molar-refractivity contribution in [1.29, 1.82) is 0 Å². The lowest BCUT2D eigenvalue weighted by atomic mass is 10.1. The highest BCUT2D eigenvalue weighted by Gasteiger charge is 2.23. The molecule has 0 bridgehead atoms. The Bertz CT molecular complexity index is 534. The molecule has 116 valence electrons. The Balaban J connectivity index is 3.09. The molecule has 0 atom stereocenters. The SMILES string of the molecule is CCOCCN(CC)C(=O)c1cc(F)c(F)cc1C(=O)O. The number of amides is 1. The number of nitrogens with zero attached hydrogens (tertiary/aromatic N) is 1. The molecule has 1 rings (SSSR count). The fourth-order valence-corrected chi connectivity index (χ4v) is 1.79. The molecular formula is C14H17F2NO4. The monoisotopic (exact) mass is 301 g/mol. The van der Waals surface area contributed by atoms with Crippen LogP contribution in [-0.2, 0) is 4.74 Å². The predicted octanol–water partition coefficient (Wildman–Crippen LogP) is 2.16. The number of halogens is 2. The van der Waals surface area contributed by atoms with Gasteiger partial charge in [-0.05, 0) is 26.0 Å². The molecule has 0 radical (unpaired) electrons. The third-order valence-electron chi connectivity index (χ3n) is 2.90. The number of hydrogen-bond acceptors (Lipinski definition) is 3. The van der Waals surface area contributed by atoms with Crippen molar-refractivity contribution in [1.82, 2.24) is 4.90 Å². The Morgan fingerprint density at radius 3 is 2.24 bits per heavy atom. The maximum absolute atomic E-state index is 13.3. The van der Waals surface area contributed by atoms with E-state index >= 15 is 0 Å². The van der Waals surface area contributed by atoms with Crippen molar-refractivity contribution < 1.29 is 28.2 Å². The first-order chi connectivity index (χ1) is 9.92. The number of benzene rings is 1. The lowest BCUT2D eigenvalue weighted by Crippen LogP contribution is -2.35. The number of carboxylic acids is 1. The molecule has 0 saturated heterocycles. The molecule has 0 aliphatic heterocycles. The predicted molar refractivity (Wildman–Crippen MR) is 71.4 cm³/mol. The fourth-order valence-electron chi connectivity index (χ4n) is 1.79. The number of likely N-dealkylation sites (N-methyl/N-ethyl adjacent to an activating group) is 1. The number of carbonyl (C=O) groups excluding carboxylic acids is 1. The van der Waals surface area contributed by atoms with E-state index < -0.39 is 29.1 Å². The Morgan fingerprint density at radius 2 is 1.76 bits per heavy atom. The van der Waals surface area contributed by atoms with Gasteiger partial charge in [0, 0.05) is 19.7 Å². The molecule has 0 aliphatic carbocycles. The van der Waals surface area contributed by atoms with E-state index in [1.54, 1.807) is 13.8 Å². The lowest BCUT2D eigenvalue weighted by Gasteiger charge is -2.21. The highest BCUT2D eigenvalue weighted by Crippen LogP contribution is 2.17. The van der Waals surface area contributed by atoms with Crippen LogP contribution < -0.4 is 0 Å². The van der Waals surface area contributed by atoms with Gasteiger partial charge in [0.05, 0.1) is 17.7 Å². The van der Waals surface area contributed by atoms with E-state index in [1.807, 2.05) is 0 Å². The number of hydrogen-bond donors (Lipinski definition) is 1. The van der Waals surface area contributed by atoms with E-state index in [0.29, 0.717) is 25.3 Å². The van der Waals surface area contributed by atoms with E-state index in [9.17, 15) is 18.4 Å². The highest BCUT2D eigenvalue weighted by molar-refractivity contribution is 6.04. The molecule has 1 aromatic carbocycles. The molecular weight excluding hydrogens is 284 g/mol. The molecule has 0 unspecified atom stereocenters. The second-order valence-corrected chi connectivity index (χ2v) is 4.20. The zero-order valence-corrected chi connectivity index (χ0v) is 11.9. The van der Waals surface area contributed by atoms with E-state index in [4.69, 9.17) is 9.84 Å². The summed E-state index contributed by atoms with van der Waals surface area (Å²) in [6, 6.07) is 1.13. The van der Waals surface area contributed by atoms with Crippen LogP contribution in [0, 0.1) is 11.6 Å². The summed E-state index contributed by atoms with van der Waals surface area (Å²) in [7, 11) is 0. The van der Waals surface area contributed by atoms with Crippen LogP contribution in [0.1, 0.15) is 34.6 Å². The van der Waals surface area contributed by atoms with Gasteiger partial charge in [0.25, 0.3) is 5.91 Å². The topological polar surface area (TPSA) is 66.8 Å². The number of ether oxygens (including phenoxy) is 1. The Morgan fingerprint density at radius 1 is 1.19 bits per heavy atom. The first-order valence-corrected chi connectivity index (χ1v) is 6.51. The van der Waals surface area contributed by atoms with Gasteiger partial charge in [-0.1, -0.05) is 0 Å². The van der Waals surface area contributed by atoms with Crippen LogP contribution in [0.15, 0.2) is 12.1 Å². The Hall–Kier alpha value is -2.02. The summed E-state index contributed by atoms with van der Waals surface area (Å²) in [6.07, 6.45) is 0. The van der Waals surface area contributed by atoms with Gasteiger partial charge in [-0.25, -0.2) is 13.6 Å². The normalized spacial score (nSPS) is 10.5. The van der Waals surface area contributed by atoms with Crippen molar-refractivity contribution >= 4 is 11.9 Å². The van der Waals surface area contributed by atoms with Gasteiger partial charge in [-0.3, -0.25) is 4.79 Å². The van der Waals surface area contributed by atoms with E-state index in [-0.39, 0.29) is 18.7 Å². The van der Waals surface area contributed by atoms with E-state index in [2.05, 4.69) is 0 Å². The molecule has 0 aromatic heterocycles. The minimum atomic E-state index is -1.49. The number of carbonyl (C=O) groups is 2. The zero-order chi connectivity index (χ0) is 16.0. The van der Waals surface area contributed by atoms with Gasteiger partial charge in [0.15, 0.2) is 11.6 Å². The van der Waals surface area contributed by atoms with Crippen LogP contribution >= 0.6 is 0 Å². The summed E-state index contributed by atoms with van der Waals surface area (Å²) >= 11 is 0. The van der Waals surface area contributed by atoms with Gasteiger partial charge in [-0.2, -0.15) is 0 Å². The second kappa shape index (κ2) is 7.68. The van der Waals surface area contributed by atoms with Gasteiger partial charge in [-0.15, -0.1) is 0 Å². The molecule has 0 fully saturated rings. The quantitative estimate of drug-likeness (QED) is 0.784. The Labute approximate surface area is 121 Å². The molecule has 0 heterocycles. The largest absolute Gasteiger partial charge is 0.478 e. The minimum absolute atomic E-state index is 0.237. The molecule has 1 N–H and O–H groups in total. The van der Waals surface area contributed by atoms with Crippen LogP contribution in [0.2, 0.25) is 0 Å². The summed E-state index contributed by atoms with van der Waals surface area (Å²) in [5.74, 6) is -4.72. The summed E-state index contributed by atoms with van der Waals surface area (Å²) in [4.78, 5) is 24.7. The Kier molecular flexibility index (Phi) is 6.23. The average Bonchev–Trinajstić information content (AvgIpc) is 2.45. The van der Waals surface area contributed by atoms with Crippen LogP contribution in [0.25, 0.3) is 0 Å². The summed E-state index contributed by atoms with van der Waals surface area (Å²) < 4.78 is 31.6. The zero-order valence-electron chi connectivity index (χ0n) is 11.9. The number of aromatic carboxylic acids is 1. The van der Waals surface area contributed by atoms with Crippen molar-refractivity contribution in [2.24, 2.45) is 0 Å². The standard InChI is InChI=1S/C14H17F2NO4/c1-3-17(5-6-21-4-2)13(18)9-7-11(15)12(16)8-10(9)14(19)20/h7-8H,3-6H2,1-2H3,(H,19,20). The molecule has 0 spiro atoms. The minimum Gasteiger partial charge on any atom is -0.478 e. The van der Waals surface area contributed by atoms with Crippen molar-refractivity contribution in [2.75, 3.05) is 26.3 Å². The smallest absolute Gasteiger partial charge is 0.336 e. The van der Waals surface area contributed by atoms with Crippen molar-refractivity contribution in [3.05, 3.63) is 34.9 Å². The van der Waals surface area contributed by atoms with E-state index in [1.165, 1.54) is 4.90 Å². The molecule has 0 saturated carbocycles. The molecule has 0 aliphatic rings. The van der Waals surface area contributed by atoms with Gasteiger partial charge in [0.2, 0.25) is 0 Å². The lowest BCUT2D eigenvalue weighted by molar-refractivity contribution is 0.0640. The van der Waals surface area contributed by atoms with E-state index in [0.717, 1.165) is 0 Å². The van der Waals surface area contributed by atoms with Crippen LogP contribution in [0.3, 0.4) is 0 Å². The summed E-state index contributed by atoms with van der Waals surface area (Å²) in [5, 5.41) is 9.01. The summed E-state index contributed by atoms with van der Waals surface area (Å²) in [6.45, 7) is 4.80. The first-order valence-electron chi connectivity index (χ1n) is 6.51. The molecule has 5 nitrogen and oxygen atoms in total. The molecule has 1 aromatic rings. The molecule has 7 heteroatoms. The van der Waals surface area contributed by atoms with Crippen molar-refractivity contribution in [3.63, 3.8) is 0 Å². The number of rotatable bonds is 7. The maximum Gasteiger partial charge on any atom is 0.336 e. The second-order valence-electron chi connectivity index (χ2n) is 4.20. The highest BCUT2D eigenvalue weighted by atomic mass is 19.2. The molecule has 1 amide bonds. The van der Waals surface area contributed by atoms with Gasteiger partial charge >= 0.3 is 5.97 Å². The summed E-state index contributed by atoms with van der Waals surface area (Å²) in [5.41, 5.74) is -0.937. The van der Waals surface area contributed by atoms with Crippen LogP contribution in [-0.4, -0.2) is 48.2 Å². The van der Waals surface area contributed by atoms with Crippen molar-refractivity contribution in [3.8, 4) is 0 Å². The third kappa shape index (κ3) is 4.22. The fraction of sp³-hybridized carbons (Fsp3) is 0.429. The first kappa shape index (κ1) is 17.0. The van der Waals surface area contributed by atoms with Gasteiger partial charge in [0.1, 0.15) is 0 Å². The average molecular weight is 301 g/mol. The number of carboxylic acid groups (broad SMARTS) is 1. The third-order valence-corrected chi connectivity index (χ3v) is 2.90. The molecule has 21 heavy (non-hydrogen) atoms. The van der Waals surface area contributed by atoms with Crippen LogP contribution in [0.4, 0.5) is 8.78 Å². The maximum atomic E-state index is 13.3. The van der Waals surface area contributed by atoms with Crippen LogP contribution in [0.5, 0.6) is 0 Å². The van der Waals surface area contributed by atoms with Gasteiger partial charge < -0.3 is 14.7 Å². The van der Waals surface area contributed by atoms with Crippen molar-refractivity contribution in [2.45, 2.75) is 13.8 Å².